The molecule has 1 heterocycles. The zero-order valence-corrected chi connectivity index (χ0v) is 12.5. The van der Waals surface area contributed by atoms with Crippen LogP contribution in [-0.4, -0.2) is 30.4 Å². The second-order valence-electron chi connectivity index (χ2n) is 4.82. The third kappa shape index (κ3) is 3.75. The van der Waals surface area contributed by atoms with E-state index in [0.29, 0.717) is 18.8 Å². The van der Waals surface area contributed by atoms with Crippen molar-refractivity contribution in [3.05, 3.63) is 27.8 Å². The van der Waals surface area contributed by atoms with Gasteiger partial charge in [-0.3, -0.25) is 10.1 Å². The Labute approximate surface area is 128 Å². The highest BCUT2D eigenvalue weighted by Crippen LogP contribution is 2.40. The first kappa shape index (κ1) is 17.5. The van der Waals surface area contributed by atoms with Gasteiger partial charge < -0.3 is 20.3 Å². The summed E-state index contributed by atoms with van der Waals surface area (Å²) in [4.78, 5) is 10.4. The van der Waals surface area contributed by atoms with Crippen LogP contribution >= 0.6 is 12.4 Å². The van der Waals surface area contributed by atoms with E-state index in [1.54, 1.807) is 0 Å². The molecule has 1 aliphatic rings. The minimum atomic E-state index is -0.526. The lowest BCUT2D eigenvalue weighted by Gasteiger charge is -2.28. The Bertz CT molecular complexity index is 506. The maximum Gasteiger partial charge on any atom is 0.273 e. The first-order chi connectivity index (χ1) is 9.54. The smallest absolute Gasteiger partial charge is 0.273 e. The van der Waals surface area contributed by atoms with Crippen LogP contribution in [0.1, 0.15) is 24.4 Å². The van der Waals surface area contributed by atoms with Crippen LogP contribution in [0.5, 0.6) is 11.5 Å². The lowest BCUT2D eigenvalue weighted by atomic mass is 9.87. The topological polar surface area (TPSA) is 108 Å². The number of methoxy groups -OCH3 is 1. The van der Waals surface area contributed by atoms with E-state index in [2.05, 4.69) is 0 Å². The van der Waals surface area contributed by atoms with Crippen LogP contribution < -0.4 is 10.5 Å². The number of benzene rings is 1. The van der Waals surface area contributed by atoms with Crippen LogP contribution in [-0.2, 0) is 4.74 Å². The molecule has 0 unspecified atom stereocenters. The Morgan fingerprint density at radius 3 is 2.62 bits per heavy atom. The number of aromatic hydroxyl groups is 1. The fraction of sp³-hybridized carbons (Fsp3) is 0.538. The van der Waals surface area contributed by atoms with Gasteiger partial charge in [0.05, 0.1) is 18.1 Å². The normalized spacial score (nSPS) is 16.9. The molecule has 7 nitrogen and oxygen atoms in total. The van der Waals surface area contributed by atoms with Gasteiger partial charge in [-0.1, -0.05) is 0 Å². The summed E-state index contributed by atoms with van der Waals surface area (Å²) in [5, 5.41) is 21.1. The van der Waals surface area contributed by atoms with Crippen molar-refractivity contribution in [2.45, 2.75) is 18.9 Å². The summed E-state index contributed by atoms with van der Waals surface area (Å²) in [5.41, 5.74) is 6.38. The van der Waals surface area contributed by atoms with Crippen molar-refractivity contribution in [1.82, 2.24) is 0 Å². The van der Waals surface area contributed by atoms with Crippen LogP contribution in [0.25, 0.3) is 0 Å². The van der Waals surface area contributed by atoms with Crippen molar-refractivity contribution >= 4 is 18.1 Å². The van der Waals surface area contributed by atoms with Gasteiger partial charge in [-0.05, 0) is 18.8 Å². The number of nitrogens with zero attached hydrogens (tertiary/aromatic N) is 1. The summed E-state index contributed by atoms with van der Waals surface area (Å²) in [6, 6.07) is 2.03. The fourth-order valence-corrected chi connectivity index (χ4v) is 2.46. The summed E-state index contributed by atoms with van der Waals surface area (Å²) in [5.74, 6) is 0.0650. The summed E-state index contributed by atoms with van der Waals surface area (Å²) in [6.07, 6.45) is 1.54. The minimum absolute atomic E-state index is 0. The van der Waals surface area contributed by atoms with E-state index in [4.69, 9.17) is 15.2 Å². The second-order valence-corrected chi connectivity index (χ2v) is 4.82. The monoisotopic (exact) mass is 318 g/mol. The van der Waals surface area contributed by atoms with Crippen molar-refractivity contribution in [3.63, 3.8) is 0 Å². The number of ether oxygens (including phenoxy) is 2. The van der Waals surface area contributed by atoms with Crippen LogP contribution in [0, 0.1) is 16.0 Å². The number of non-ortho nitro benzene ring substituents is 1. The Kier molecular flexibility index (Phi) is 6.19. The molecule has 1 atom stereocenters. The van der Waals surface area contributed by atoms with Crippen LogP contribution in [0.15, 0.2) is 12.1 Å². The standard InChI is InChI=1S/C13H18N2O5.ClH/c1-19-11-7-9(15(17)18)6-10(13(11)16)12(14)8-2-4-20-5-3-8;/h6-8,12,16H,2-5,14H2,1H3;1H/t12-;/m1./s1. The number of hydrogen-bond donors (Lipinski definition) is 2. The maximum absolute atomic E-state index is 10.9. The first-order valence-corrected chi connectivity index (χ1v) is 6.43. The highest BCUT2D eigenvalue weighted by molar-refractivity contribution is 5.85. The van der Waals surface area contributed by atoms with Gasteiger partial charge in [0.1, 0.15) is 0 Å². The molecule has 1 saturated heterocycles. The molecule has 0 amide bonds. The average molecular weight is 319 g/mol. The number of phenolic OH excluding ortho intramolecular Hbond substituents is 1. The predicted octanol–water partition coefficient (Wildman–Crippen LogP) is 2.16. The zero-order valence-electron chi connectivity index (χ0n) is 11.7. The Morgan fingerprint density at radius 1 is 1.48 bits per heavy atom. The van der Waals surface area contributed by atoms with Gasteiger partial charge in [0.25, 0.3) is 5.69 Å². The molecule has 0 aliphatic carbocycles. The predicted molar refractivity (Wildman–Crippen MR) is 79.0 cm³/mol. The van der Waals surface area contributed by atoms with Crippen LogP contribution in [0.4, 0.5) is 5.69 Å². The fourth-order valence-electron chi connectivity index (χ4n) is 2.46. The number of nitro groups is 1. The van der Waals surface area contributed by atoms with Gasteiger partial charge in [-0.25, -0.2) is 0 Å². The Hall–Kier alpha value is -1.57. The molecule has 1 fully saturated rings. The summed E-state index contributed by atoms with van der Waals surface area (Å²) in [6.45, 7) is 1.23. The molecule has 0 bridgehead atoms. The van der Waals surface area contributed by atoms with Crippen molar-refractivity contribution in [1.29, 1.82) is 0 Å². The molecule has 3 N–H and O–H groups in total. The molecule has 8 heteroatoms. The molecule has 118 valence electrons. The van der Waals surface area contributed by atoms with Crippen molar-refractivity contribution in [2.24, 2.45) is 11.7 Å². The van der Waals surface area contributed by atoms with Gasteiger partial charge >= 0.3 is 0 Å². The van der Waals surface area contributed by atoms with Crippen LogP contribution in [0.2, 0.25) is 0 Å². The van der Waals surface area contributed by atoms with Crippen molar-refractivity contribution in [2.75, 3.05) is 20.3 Å². The van der Waals surface area contributed by atoms with Gasteiger partial charge in [-0.2, -0.15) is 0 Å². The van der Waals surface area contributed by atoms with Gasteiger partial charge in [0.15, 0.2) is 11.5 Å². The van der Waals surface area contributed by atoms with Gasteiger partial charge in [0, 0.05) is 30.9 Å². The first-order valence-electron chi connectivity index (χ1n) is 6.43. The summed E-state index contributed by atoms with van der Waals surface area (Å²) >= 11 is 0. The quantitative estimate of drug-likeness (QED) is 0.650. The molecule has 1 aromatic rings. The number of nitrogens with two attached hydrogens (primary N) is 1. The average Bonchev–Trinajstić information content (AvgIpc) is 2.47. The maximum atomic E-state index is 10.9. The molecule has 0 radical (unpaired) electrons. The highest BCUT2D eigenvalue weighted by Gasteiger charge is 2.27. The van der Waals surface area contributed by atoms with E-state index >= 15 is 0 Å². The van der Waals surface area contributed by atoms with E-state index in [9.17, 15) is 15.2 Å². The lowest BCUT2D eigenvalue weighted by molar-refractivity contribution is -0.385. The Morgan fingerprint density at radius 2 is 2.10 bits per heavy atom. The van der Waals surface area contributed by atoms with Crippen molar-refractivity contribution in [3.8, 4) is 11.5 Å². The van der Waals surface area contributed by atoms with E-state index in [1.807, 2.05) is 0 Å². The molecule has 2 rings (SSSR count). The molecule has 1 aromatic carbocycles. The number of phenols is 1. The largest absolute Gasteiger partial charge is 0.504 e. The van der Waals surface area contributed by atoms with E-state index < -0.39 is 11.0 Å². The number of halogens is 1. The SMILES string of the molecule is COc1cc([N+](=O)[O-])cc([C@H](N)C2CCOCC2)c1O.Cl. The number of hydrogen-bond acceptors (Lipinski definition) is 6. The summed E-state index contributed by atoms with van der Waals surface area (Å²) in [7, 11) is 1.35. The zero-order chi connectivity index (χ0) is 14.7. The molecule has 0 saturated carbocycles. The van der Waals surface area contributed by atoms with Crippen molar-refractivity contribution < 1.29 is 19.5 Å². The molecule has 0 spiro atoms. The lowest BCUT2D eigenvalue weighted by Crippen LogP contribution is -2.27. The molecular weight excluding hydrogens is 300 g/mol. The minimum Gasteiger partial charge on any atom is -0.504 e. The molecule has 1 aliphatic heterocycles. The second kappa shape index (κ2) is 7.44. The third-order valence-corrected chi connectivity index (χ3v) is 3.65. The Balaban J connectivity index is 0.00000220. The third-order valence-electron chi connectivity index (χ3n) is 3.65. The molecule has 21 heavy (non-hydrogen) atoms. The summed E-state index contributed by atoms with van der Waals surface area (Å²) < 4.78 is 10.3. The number of nitro benzene ring substituents is 1. The van der Waals surface area contributed by atoms with E-state index in [0.717, 1.165) is 12.8 Å². The molecule has 0 aromatic heterocycles. The van der Waals surface area contributed by atoms with Gasteiger partial charge in [-0.15, -0.1) is 12.4 Å². The van der Waals surface area contributed by atoms with Crippen LogP contribution in [0.3, 0.4) is 0 Å². The highest BCUT2D eigenvalue weighted by atomic mass is 35.5. The van der Waals surface area contributed by atoms with E-state index in [-0.39, 0.29) is 35.5 Å². The number of rotatable bonds is 4. The van der Waals surface area contributed by atoms with E-state index in [1.165, 1.54) is 19.2 Å². The van der Waals surface area contributed by atoms with Gasteiger partial charge in [0.2, 0.25) is 0 Å². The molecular formula is C13H19ClN2O5.